The standard InChI is InChI=1S/C8H9N3O/c1-6-8(7(4-9)5-12)11-3-2-10-6/h2-3,7,12H,5H2,1H3. The largest absolute Gasteiger partial charge is 0.395 e. The number of hydrogen-bond donors (Lipinski definition) is 1. The quantitative estimate of drug-likeness (QED) is 0.684. The van der Waals surface area contributed by atoms with Gasteiger partial charge >= 0.3 is 0 Å². The van der Waals surface area contributed by atoms with E-state index in [2.05, 4.69) is 9.97 Å². The summed E-state index contributed by atoms with van der Waals surface area (Å²) < 4.78 is 0. The molecule has 0 radical (unpaired) electrons. The fourth-order valence-electron chi connectivity index (χ4n) is 0.949. The van der Waals surface area contributed by atoms with Gasteiger partial charge in [0.2, 0.25) is 0 Å². The molecule has 1 aromatic rings. The molecule has 0 spiro atoms. The van der Waals surface area contributed by atoms with E-state index in [1.807, 2.05) is 6.07 Å². The topological polar surface area (TPSA) is 69.8 Å². The van der Waals surface area contributed by atoms with Gasteiger partial charge in [-0.05, 0) is 6.92 Å². The van der Waals surface area contributed by atoms with E-state index in [1.165, 1.54) is 6.20 Å². The first-order chi connectivity index (χ1) is 5.79. The van der Waals surface area contributed by atoms with Crippen LogP contribution in [-0.2, 0) is 0 Å². The molecule has 1 atom stereocenters. The molecular formula is C8H9N3O. The van der Waals surface area contributed by atoms with Crippen LogP contribution in [0.2, 0.25) is 0 Å². The molecule has 4 nitrogen and oxygen atoms in total. The minimum absolute atomic E-state index is 0.212. The Hall–Kier alpha value is -1.47. The highest BCUT2D eigenvalue weighted by molar-refractivity contribution is 5.20. The molecule has 0 aromatic carbocycles. The van der Waals surface area contributed by atoms with Crippen molar-refractivity contribution in [1.29, 1.82) is 5.26 Å². The molecule has 0 aliphatic heterocycles. The molecule has 0 fully saturated rings. The van der Waals surface area contributed by atoms with Crippen molar-refractivity contribution in [3.05, 3.63) is 23.8 Å². The predicted octanol–water partition coefficient (Wildman–Crippen LogP) is 0.385. The SMILES string of the molecule is Cc1nccnc1C(C#N)CO. The van der Waals surface area contributed by atoms with Crippen LogP contribution < -0.4 is 0 Å². The summed E-state index contributed by atoms with van der Waals surface area (Å²) >= 11 is 0. The fourth-order valence-corrected chi connectivity index (χ4v) is 0.949. The van der Waals surface area contributed by atoms with E-state index >= 15 is 0 Å². The summed E-state index contributed by atoms with van der Waals surface area (Å²) in [6.45, 7) is 1.55. The zero-order chi connectivity index (χ0) is 8.97. The molecule has 12 heavy (non-hydrogen) atoms. The molecule has 62 valence electrons. The fraction of sp³-hybridized carbons (Fsp3) is 0.375. The number of hydrogen-bond acceptors (Lipinski definition) is 4. The van der Waals surface area contributed by atoms with Gasteiger partial charge in [-0.15, -0.1) is 0 Å². The number of nitrogens with zero attached hydrogens (tertiary/aromatic N) is 3. The third-order valence-corrected chi connectivity index (χ3v) is 1.59. The van der Waals surface area contributed by atoms with Crippen molar-refractivity contribution in [1.82, 2.24) is 9.97 Å². The second-order valence-corrected chi connectivity index (χ2v) is 2.39. The van der Waals surface area contributed by atoms with Gasteiger partial charge in [0.15, 0.2) is 0 Å². The van der Waals surface area contributed by atoms with E-state index in [9.17, 15) is 0 Å². The van der Waals surface area contributed by atoms with E-state index < -0.39 is 5.92 Å². The summed E-state index contributed by atoms with van der Waals surface area (Å²) in [6, 6.07) is 1.96. The minimum atomic E-state index is -0.557. The normalized spacial score (nSPS) is 12.1. The molecule has 0 saturated carbocycles. The molecule has 1 rings (SSSR count). The van der Waals surface area contributed by atoms with Gasteiger partial charge < -0.3 is 5.11 Å². The van der Waals surface area contributed by atoms with Gasteiger partial charge in [-0.25, -0.2) is 0 Å². The molecular weight excluding hydrogens is 154 g/mol. The Kier molecular flexibility index (Phi) is 2.72. The number of aromatic nitrogens is 2. The molecule has 0 amide bonds. The highest BCUT2D eigenvalue weighted by atomic mass is 16.3. The third kappa shape index (κ3) is 1.57. The van der Waals surface area contributed by atoms with Gasteiger partial charge in [-0.2, -0.15) is 5.26 Å². The van der Waals surface area contributed by atoms with Crippen molar-refractivity contribution in [2.75, 3.05) is 6.61 Å². The molecule has 0 saturated heterocycles. The van der Waals surface area contributed by atoms with E-state index in [4.69, 9.17) is 10.4 Å². The number of rotatable bonds is 2. The number of nitriles is 1. The summed E-state index contributed by atoms with van der Waals surface area (Å²) in [5, 5.41) is 17.4. The molecule has 0 aliphatic rings. The van der Waals surface area contributed by atoms with Gasteiger partial charge in [-0.1, -0.05) is 0 Å². The lowest BCUT2D eigenvalue weighted by molar-refractivity contribution is 0.283. The molecule has 0 aliphatic carbocycles. The lowest BCUT2D eigenvalue weighted by Gasteiger charge is -2.05. The van der Waals surface area contributed by atoms with Crippen LogP contribution in [0.3, 0.4) is 0 Å². The van der Waals surface area contributed by atoms with Crippen LogP contribution in [0.15, 0.2) is 12.4 Å². The van der Waals surface area contributed by atoms with Crippen LogP contribution in [0, 0.1) is 18.3 Å². The van der Waals surface area contributed by atoms with E-state index in [-0.39, 0.29) is 6.61 Å². The predicted molar refractivity (Wildman–Crippen MR) is 42.2 cm³/mol. The lowest BCUT2D eigenvalue weighted by atomic mass is 10.1. The van der Waals surface area contributed by atoms with Crippen molar-refractivity contribution >= 4 is 0 Å². The second kappa shape index (κ2) is 3.79. The maximum absolute atomic E-state index is 8.81. The van der Waals surface area contributed by atoms with E-state index in [1.54, 1.807) is 13.1 Å². The van der Waals surface area contributed by atoms with E-state index in [0.717, 1.165) is 0 Å². The van der Waals surface area contributed by atoms with Crippen molar-refractivity contribution in [2.24, 2.45) is 0 Å². The second-order valence-electron chi connectivity index (χ2n) is 2.39. The molecule has 4 heteroatoms. The maximum atomic E-state index is 8.81. The van der Waals surface area contributed by atoms with Crippen molar-refractivity contribution in [3.8, 4) is 6.07 Å². The Morgan fingerprint density at radius 2 is 2.25 bits per heavy atom. The Labute approximate surface area is 70.5 Å². The molecule has 1 unspecified atom stereocenters. The lowest BCUT2D eigenvalue weighted by Crippen LogP contribution is -2.06. The Morgan fingerprint density at radius 3 is 2.75 bits per heavy atom. The monoisotopic (exact) mass is 163 g/mol. The van der Waals surface area contributed by atoms with Gasteiger partial charge in [0.25, 0.3) is 0 Å². The van der Waals surface area contributed by atoms with Crippen LogP contribution in [-0.4, -0.2) is 21.7 Å². The zero-order valence-corrected chi connectivity index (χ0v) is 6.73. The average molecular weight is 163 g/mol. The summed E-state index contributed by atoms with van der Waals surface area (Å²) in [4.78, 5) is 7.95. The van der Waals surface area contributed by atoms with Crippen molar-refractivity contribution in [3.63, 3.8) is 0 Å². The van der Waals surface area contributed by atoms with E-state index in [0.29, 0.717) is 11.4 Å². The van der Waals surface area contributed by atoms with Crippen LogP contribution in [0.25, 0.3) is 0 Å². The van der Waals surface area contributed by atoms with Gasteiger partial charge in [0, 0.05) is 12.4 Å². The smallest absolute Gasteiger partial charge is 0.113 e. The van der Waals surface area contributed by atoms with Gasteiger partial charge in [-0.3, -0.25) is 9.97 Å². The van der Waals surface area contributed by atoms with Crippen molar-refractivity contribution in [2.45, 2.75) is 12.8 Å². The summed E-state index contributed by atoms with van der Waals surface area (Å²) in [5.41, 5.74) is 1.25. The number of aliphatic hydroxyl groups is 1. The Balaban J connectivity index is 3.02. The Morgan fingerprint density at radius 1 is 1.58 bits per heavy atom. The van der Waals surface area contributed by atoms with Gasteiger partial charge in [0.05, 0.1) is 24.1 Å². The number of aryl methyl sites for hydroxylation is 1. The maximum Gasteiger partial charge on any atom is 0.113 e. The third-order valence-electron chi connectivity index (χ3n) is 1.59. The molecule has 1 aromatic heterocycles. The highest BCUT2D eigenvalue weighted by Gasteiger charge is 2.13. The first kappa shape index (κ1) is 8.62. The van der Waals surface area contributed by atoms with Crippen LogP contribution >= 0.6 is 0 Å². The summed E-state index contributed by atoms with van der Waals surface area (Å²) in [7, 11) is 0. The van der Waals surface area contributed by atoms with Crippen LogP contribution in [0.1, 0.15) is 17.3 Å². The highest BCUT2D eigenvalue weighted by Crippen LogP contribution is 2.12. The van der Waals surface area contributed by atoms with Crippen LogP contribution in [0.4, 0.5) is 0 Å². The average Bonchev–Trinajstić information content (AvgIpc) is 2.10. The zero-order valence-electron chi connectivity index (χ0n) is 6.73. The first-order valence-electron chi connectivity index (χ1n) is 3.57. The van der Waals surface area contributed by atoms with Crippen molar-refractivity contribution < 1.29 is 5.11 Å². The molecule has 1 heterocycles. The summed E-state index contributed by atoms with van der Waals surface area (Å²) in [5.74, 6) is -0.557. The number of aliphatic hydroxyl groups excluding tert-OH is 1. The minimum Gasteiger partial charge on any atom is -0.395 e. The Bertz CT molecular complexity index is 305. The summed E-state index contributed by atoms with van der Waals surface area (Å²) in [6.07, 6.45) is 3.08. The van der Waals surface area contributed by atoms with Gasteiger partial charge in [0.1, 0.15) is 5.92 Å². The molecule has 1 N–H and O–H groups in total. The molecule has 0 bridgehead atoms. The first-order valence-corrected chi connectivity index (χ1v) is 3.57. The van der Waals surface area contributed by atoms with Crippen LogP contribution in [0.5, 0.6) is 0 Å².